The van der Waals surface area contributed by atoms with Gasteiger partial charge in [0.2, 0.25) is 5.91 Å². The van der Waals surface area contributed by atoms with Gasteiger partial charge in [-0.2, -0.15) is 0 Å². The first kappa shape index (κ1) is 65.6. The highest BCUT2D eigenvalue weighted by Gasteiger charge is 2.18. The number of aliphatic hydroxyl groups excluding tert-OH is 2. The summed E-state index contributed by atoms with van der Waals surface area (Å²) in [4.78, 5) is 24.5. The van der Waals surface area contributed by atoms with Crippen molar-refractivity contribution in [3.8, 4) is 0 Å². The Labute approximate surface area is 419 Å². The molecule has 0 aliphatic carbocycles. The fraction of sp³-hybridized carbons (Fsp3) is 0.934. The van der Waals surface area contributed by atoms with Crippen LogP contribution in [0.25, 0.3) is 0 Å². The van der Waals surface area contributed by atoms with Crippen LogP contribution in [0.15, 0.2) is 12.2 Å². The molecule has 0 heterocycles. The molecule has 0 saturated heterocycles. The van der Waals surface area contributed by atoms with Gasteiger partial charge in [0.15, 0.2) is 0 Å². The van der Waals surface area contributed by atoms with Gasteiger partial charge in [0.05, 0.1) is 25.4 Å². The number of nitrogens with one attached hydrogen (secondary N) is 1. The molecule has 0 bridgehead atoms. The number of allylic oxidation sites excluding steroid dienone is 1. The van der Waals surface area contributed by atoms with Crippen LogP contribution in [-0.4, -0.2) is 47.4 Å². The van der Waals surface area contributed by atoms with Crippen LogP contribution in [0, 0.1) is 0 Å². The molecule has 1 amide bonds. The van der Waals surface area contributed by atoms with E-state index in [0.29, 0.717) is 19.4 Å². The van der Waals surface area contributed by atoms with E-state index in [1.54, 1.807) is 6.08 Å². The minimum atomic E-state index is -0.841. The maximum atomic E-state index is 12.4. The van der Waals surface area contributed by atoms with Crippen molar-refractivity contribution in [2.24, 2.45) is 0 Å². The molecule has 2 unspecified atom stereocenters. The smallest absolute Gasteiger partial charge is 0.305 e. The lowest BCUT2D eigenvalue weighted by atomic mass is 10.0. The van der Waals surface area contributed by atoms with Gasteiger partial charge in [-0.15, -0.1) is 0 Å². The molecule has 0 aliphatic rings. The van der Waals surface area contributed by atoms with E-state index in [0.717, 1.165) is 38.5 Å². The Bertz CT molecular complexity index is 1000. The highest BCUT2D eigenvalue weighted by Crippen LogP contribution is 2.18. The Balaban J connectivity index is 3.35. The summed E-state index contributed by atoms with van der Waals surface area (Å²) < 4.78 is 5.49. The summed E-state index contributed by atoms with van der Waals surface area (Å²) >= 11 is 0. The SMILES string of the molecule is CCCCCCCCCCCC/C=C/C(O)C(CO)NC(=O)CCCCCCCCCCCCCCCCCCCCCCCCCCOC(=O)CCCCCCCCCCCCCCCC. The van der Waals surface area contributed by atoms with E-state index < -0.39 is 12.1 Å². The number of hydrogen-bond acceptors (Lipinski definition) is 5. The van der Waals surface area contributed by atoms with E-state index in [1.807, 2.05) is 6.08 Å². The summed E-state index contributed by atoms with van der Waals surface area (Å²) in [5, 5.41) is 23.1. The molecule has 2 atom stereocenters. The lowest BCUT2D eigenvalue weighted by Gasteiger charge is -2.20. The molecule has 398 valence electrons. The summed E-state index contributed by atoms with van der Waals surface area (Å²) in [6.45, 7) is 4.92. The molecule has 6 heteroatoms. The number of aliphatic hydroxyl groups is 2. The van der Waals surface area contributed by atoms with Crippen LogP contribution in [0.5, 0.6) is 0 Å². The van der Waals surface area contributed by atoms with Crippen LogP contribution in [0.4, 0.5) is 0 Å². The molecule has 0 aromatic rings. The van der Waals surface area contributed by atoms with Crippen LogP contribution < -0.4 is 5.32 Å². The van der Waals surface area contributed by atoms with Gasteiger partial charge in [-0.05, 0) is 32.1 Å². The minimum Gasteiger partial charge on any atom is -0.466 e. The van der Waals surface area contributed by atoms with Crippen molar-refractivity contribution in [3.05, 3.63) is 12.2 Å². The van der Waals surface area contributed by atoms with E-state index >= 15 is 0 Å². The molecular weight excluding hydrogens is 827 g/mol. The quantitative estimate of drug-likeness (QED) is 0.0321. The molecule has 0 radical (unpaired) electrons. The van der Waals surface area contributed by atoms with Gasteiger partial charge >= 0.3 is 5.97 Å². The molecule has 0 saturated carbocycles. The Kier molecular flexibility index (Phi) is 56.0. The van der Waals surface area contributed by atoms with Crippen LogP contribution in [-0.2, 0) is 14.3 Å². The van der Waals surface area contributed by atoms with E-state index in [2.05, 4.69) is 19.2 Å². The minimum absolute atomic E-state index is 0.0177. The number of carbonyl (C=O) groups is 2. The second kappa shape index (κ2) is 57.2. The van der Waals surface area contributed by atoms with Crippen molar-refractivity contribution >= 4 is 11.9 Å². The Morgan fingerprint density at radius 1 is 0.403 bits per heavy atom. The lowest BCUT2D eigenvalue weighted by molar-refractivity contribution is -0.143. The van der Waals surface area contributed by atoms with Crippen molar-refractivity contribution in [2.75, 3.05) is 13.2 Å². The average Bonchev–Trinajstić information content (AvgIpc) is 3.33. The third kappa shape index (κ3) is 53.8. The maximum Gasteiger partial charge on any atom is 0.305 e. The molecule has 67 heavy (non-hydrogen) atoms. The highest BCUT2D eigenvalue weighted by atomic mass is 16.5. The Hall–Kier alpha value is -1.40. The zero-order valence-electron chi connectivity index (χ0n) is 45.4. The van der Waals surface area contributed by atoms with Crippen LogP contribution >= 0.6 is 0 Å². The second-order valence-electron chi connectivity index (χ2n) is 21.0. The third-order valence-corrected chi connectivity index (χ3v) is 14.3. The van der Waals surface area contributed by atoms with Crippen molar-refractivity contribution < 1.29 is 24.5 Å². The van der Waals surface area contributed by atoms with Crippen molar-refractivity contribution in [1.82, 2.24) is 5.32 Å². The zero-order chi connectivity index (χ0) is 48.6. The summed E-state index contributed by atoms with van der Waals surface area (Å²) in [5.74, 6) is -0.0484. The molecule has 0 fully saturated rings. The number of carbonyl (C=O) groups excluding carboxylic acids is 2. The van der Waals surface area contributed by atoms with Gasteiger partial charge in [0.25, 0.3) is 0 Å². The summed E-state index contributed by atoms with van der Waals surface area (Å²) in [5.41, 5.74) is 0. The molecule has 0 spiro atoms. The van der Waals surface area contributed by atoms with Crippen molar-refractivity contribution in [3.63, 3.8) is 0 Å². The lowest BCUT2D eigenvalue weighted by Crippen LogP contribution is -2.45. The molecule has 6 nitrogen and oxygen atoms in total. The van der Waals surface area contributed by atoms with Crippen LogP contribution in [0.1, 0.15) is 341 Å². The topological polar surface area (TPSA) is 95.9 Å². The Morgan fingerprint density at radius 2 is 0.687 bits per heavy atom. The normalized spacial score (nSPS) is 12.6. The Morgan fingerprint density at radius 3 is 1.01 bits per heavy atom. The molecule has 0 aromatic heterocycles. The number of amides is 1. The first-order valence-electron chi connectivity index (χ1n) is 30.5. The predicted molar refractivity (Wildman–Crippen MR) is 292 cm³/mol. The number of rotatable bonds is 57. The van der Waals surface area contributed by atoms with Gasteiger partial charge in [0, 0.05) is 12.8 Å². The van der Waals surface area contributed by atoms with E-state index in [9.17, 15) is 19.8 Å². The van der Waals surface area contributed by atoms with Crippen molar-refractivity contribution in [1.29, 1.82) is 0 Å². The van der Waals surface area contributed by atoms with Gasteiger partial charge in [-0.25, -0.2) is 0 Å². The van der Waals surface area contributed by atoms with Gasteiger partial charge in [-0.1, -0.05) is 309 Å². The second-order valence-corrected chi connectivity index (χ2v) is 21.0. The average molecular weight is 947 g/mol. The summed E-state index contributed by atoms with van der Waals surface area (Å²) in [7, 11) is 0. The monoisotopic (exact) mass is 946 g/mol. The predicted octanol–water partition coefficient (Wildman–Crippen LogP) is 18.9. The third-order valence-electron chi connectivity index (χ3n) is 14.3. The fourth-order valence-corrected chi connectivity index (χ4v) is 9.64. The van der Waals surface area contributed by atoms with E-state index in [4.69, 9.17) is 4.74 Å². The zero-order valence-corrected chi connectivity index (χ0v) is 45.4. The largest absolute Gasteiger partial charge is 0.466 e. The molecular formula is C61H119NO5. The van der Waals surface area contributed by atoms with Crippen LogP contribution in [0.2, 0.25) is 0 Å². The standard InChI is InChI=1S/C61H119NO5/c1-3-5-7-9-11-13-15-17-31-35-39-43-47-51-55-61(66)67-56-52-48-44-40-36-32-29-27-25-23-21-19-18-20-22-24-26-28-30-34-38-42-46-50-54-60(65)62-58(57-63)59(64)53-49-45-41-37-33-16-14-12-10-8-6-4-2/h49,53,58-59,63-64H,3-48,50-52,54-57H2,1-2H3,(H,62,65)/b53-49+. The number of esters is 1. The number of unbranched alkanes of at least 4 members (excludes halogenated alkanes) is 46. The maximum absolute atomic E-state index is 12.4. The molecule has 0 rings (SSSR count). The van der Waals surface area contributed by atoms with Gasteiger partial charge in [-0.3, -0.25) is 9.59 Å². The first-order valence-corrected chi connectivity index (χ1v) is 30.5. The van der Waals surface area contributed by atoms with Crippen LogP contribution in [0.3, 0.4) is 0 Å². The highest BCUT2D eigenvalue weighted by molar-refractivity contribution is 5.76. The fourth-order valence-electron chi connectivity index (χ4n) is 9.64. The van der Waals surface area contributed by atoms with E-state index in [-0.39, 0.29) is 18.5 Å². The van der Waals surface area contributed by atoms with E-state index in [1.165, 1.54) is 276 Å². The molecule has 3 N–H and O–H groups in total. The first-order chi connectivity index (χ1) is 33.0. The van der Waals surface area contributed by atoms with Gasteiger partial charge < -0.3 is 20.3 Å². The summed E-state index contributed by atoms with van der Waals surface area (Å²) in [6.07, 6.45) is 68.2. The number of hydrogen-bond donors (Lipinski definition) is 3. The molecule has 0 aliphatic heterocycles. The number of ether oxygens (including phenoxy) is 1. The van der Waals surface area contributed by atoms with Crippen molar-refractivity contribution in [2.45, 2.75) is 353 Å². The van der Waals surface area contributed by atoms with Gasteiger partial charge in [0.1, 0.15) is 0 Å². The molecule has 0 aromatic carbocycles. The summed E-state index contributed by atoms with van der Waals surface area (Å²) in [6, 6.07) is -0.625.